The number of piperidine rings is 1. The monoisotopic (exact) mass is 570 g/mol. The van der Waals surface area contributed by atoms with Crippen molar-refractivity contribution in [3.8, 4) is 23.0 Å². The molecule has 0 bridgehead atoms. The van der Waals surface area contributed by atoms with Crippen LogP contribution >= 0.6 is 0 Å². The number of nitrogens with one attached hydrogen (secondary N) is 1. The summed E-state index contributed by atoms with van der Waals surface area (Å²) in [6, 6.07) is 19.5. The van der Waals surface area contributed by atoms with Crippen molar-refractivity contribution in [2.24, 2.45) is 0 Å². The van der Waals surface area contributed by atoms with Gasteiger partial charge in [-0.25, -0.2) is 9.69 Å². The second-order valence-corrected chi connectivity index (χ2v) is 11.1. The standard InChI is InChI=1S/C33H38N4O5/c1-39-27-11-10-22(18-28(27)40-2)12-16-36-32(38)37(24-8-6-5-7-9-24)31(34)33(36)14-17-35-15-13-23-19-29(41-3)30(42-4)20-25(23)26(35)21-33/h5-11,18-20,26,34H,12-17,21H2,1-4H3/t26-,33+/m0/s1. The van der Waals surface area contributed by atoms with Crippen molar-refractivity contribution in [1.29, 1.82) is 5.41 Å². The first-order chi connectivity index (χ1) is 20.4. The molecule has 0 saturated carbocycles. The van der Waals surface area contributed by atoms with Gasteiger partial charge in [-0.05, 0) is 78.8 Å². The fourth-order valence-electron chi connectivity index (χ4n) is 6.94. The van der Waals surface area contributed by atoms with Gasteiger partial charge in [-0.15, -0.1) is 0 Å². The maximum atomic E-state index is 14.2. The van der Waals surface area contributed by atoms with Crippen LogP contribution in [0.1, 0.15) is 35.6 Å². The van der Waals surface area contributed by atoms with Gasteiger partial charge in [0.05, 0.1) is 34.1 Å². The van der Waals surface area contributed by atoms with E-state index in [-0.39, 0.29) is 12.1 Å². The fourth-order valence-corrected chi connectivity index (χ4v) is 6.94. The van der Waals surface area contributed by atoms with Crippen LogP contribution in [0, 0.1) is 5.41 Å². The van der Waals surface area contributed by atoms with Crippen molar-refractivity contribution in [3.05, 3.63) is 77.4 Å². The Balaban J connectivity index is 1.38. The molecule has 3 aromatic rings. The number of fused-ring (bicyclic) bond motifs is 3. The Morgan fingerprint density at radius 2 is 1.55 bits per heavy atom. The molecule has 3 heterocycles. The third-order valence-corrected chi connectivity index (χ3v) is 9.15. The highest BCUT2D eigenvalue weighted by Gasteiger charge is 2.58. The van der Waals surface area contributed by atoms with Crippen LogP contribution in [-0.2, 0) is 12.8 Å². The Kier molecular flexibility index (Phi) is 7.45. The molecule has 1 N–H and O–H groups in total. The summed E-state index contributed by atoms with van der Waals surface area (Å²) < 4.78 is 22.2. The zero-order valence-corrected chi connectivity index (χ0v) is 24.7. The number of para-hydroxylation sites is 1. The number of carbonyl (C=O) groups is 1. The van der Waals surface area contributed by atoms with Crippen LogP contribution in [-0.4, -0.2) is 75.3 Å². The summed E-state index contributed by atoms with van der Waals surface area (Å²) in [6.45, 7) is 2.20. The van der Waals surface area contributed by atoms with Gasteiger partial charge in [0.15, 0.2) is 23.0 Å². The van der Waals surface area contributed by atoms with Gasteiger partial charge in [-0.3, -0.25) is 10.3 Å². The quantitative estimate of drug-likeness (QED) is 0.395. The lowest BCUT2D eigenvalue weighted by molar-refractivity contribution is 0.0541. The van der Waals surface area contributed by atoms with Crippen LogP contribution in [0.2, 0.25) is 0 Å². The van der Waals surface area contributed by atoms with Gasteiger partial charge in [-0.1, -0.05) is 24.3 Å². The summed E-state index contributed by atoms with van der Waals surface area (Å²) in [7, 11) is 6.57. The molecular formula is C33H38N4O5. The minimum Gasteiger partial charge on any atom is -0.493 e. The summed E-state index contributed by atoms with van der Waals surface area (Å²) in [5.41, 5.74) is 3.44. The highest BCUT2D eigenvalue weighted by Crippen LogP contribution is 2.49. The summed E-state index contributed by atoms with van der Waals surface area (Å²) in [5.74, 6) is 3.10. The molecule has 220 valence electrons. The predicted molar refractivity (Wildman–Crippen MR) is 162 cm³/mol. The van der Waals surface area contributed by atoms with Crippen LogP contribution in [0.3, 0.4) is 0 Å². The molecule has 0 radical (unpaired) electrons. The minimum atomic E-state index is -0.744. The van der Waals surface area contributed by atoms with E-state index in [4.69, 9.17) is 18.9 Å². The number of carbonyl (C=O) groups excluding carboxylic acids is 1. The first-order valence-corrected chi connectivity index (χ1v) is 14.4. The summed E-state index contributed by atoms with van der Waals surface area (Å²) in [6.07, 6.45) is 2.88. The smallest absolute Gasteiger partial charge is 0.330 e. The van der Waals surface area contributed by atoms with Gasteiger partial charge in [0.1, 0.15) is 11.4 Å². The summed E-state index contributed by atoms with van der Waals surface area (Å²) in [5, 5.41) is 9.54. The van der Waals surface area contributed by atoms with E-state index in [1.54, 1.807) is 33.3 Å². The highest BCUT2D eigenvalue weighted by molar-refractivity contribution is 6.24. The average molecular weight is 571 g/mol. The van der Waals surface area contributed by atoms with Gasteiger partial charge in [0, 0.05) is 25.7 Å². The molecule has 6 rings (SSSR count). The Bertz CT molecular complexity index is 1500. The molecule has 3 aliphatic rings. The van der Waals surface area contributed by atoms with E-state index in [0.717, 1.165) is 36.5 Å². The number of amides is 2. The number of nitrogens with zero attached hydrogens (tertiary/aromatic N) is 3. The Labute approximate surface area is 247 Å². The van der Waals surface area contributed by atoms with Crippen molar-refractivity contribution >= 4 is 17.6 Å². The molecule has 0 unspecified atom stereocenters. The first kappa shape index (κ1) is 27.9. The predicted octanol–water partition coefficient (Wildman–Crippen LogP) is 5.31. The zero-order valence-electron chi connectivity index (χ0n) is 24.7. The van der Waals surface area contributed by atoms with Gasteiger partial charge in [0.25, 0.3) is 0 Å². The van der Waals surface area contributed by atoms with Crippen LogP contribution < -0.4 is 23.8 Å². The van der Waals surface area contributed by atoms with Crippen molar-refractivity contribution < 1.29 is 23.7 Å². The highest BCUT2D eigenvalue weighted by atomic mass is 16.5. The number of urea groups is 1. The van der Waals surface area contributed by atoms with E-state index in [2.05, 4.69) is 17.0 Å². The molecule has 2 amide bonds. The van der Waals surface area contributed by atoms with Gasteiger partial charge < -0.3 is 23.8 Å². The van der Waals surface area contributed by atoms with Crippen molar-refractivity contribution in [2.45, 2.75) is 37.3 Å². The lowest BCUT2D eigenvalue weighted by Crippen LogP contribution is -2.58. The fraction of sp³-hybridized carbons (Fsp3) is 0.394. The third-order valence-electron chi connectivity index (χ3n) is 9.15. The van der Waals surface area contributed by atoms with E-state index in [1.807, 2.05) is 53.4 Å². The molecule has 9 nitrogen and oxygen atoms in total. The molecule has 0 aliphatic carbocycles. The molecule has 3 aromatic carbocycles. The number of hydrogen-bond donors (Lipinski definition) is 1. The average Bonchev–Trinajstić information content (AvgIpc) is 3.23. The number of rotatable bonds is 8. The molecule has 0 aromatic heterocycles. The van der Waals surface area contributed by atoms with Gasteiger partial charge in [0.2, 0.25) is 0 Å². The molecule has 42 heavy (non-hydrogen) atoms. The number of methoxy groups -OCH3 is 4. The van der Waals surface area contributed by atoms with E-state index in [1.165, 1.54) is 11.1 Å². The van der Waals surface area contributed by atoms with E-state index in [9.17, 15) is 10.2 Å². The molecule has 2 fully saturated rings. The van der Waals surface area contributed by atoms with Crippen LogP contribution in [0.5, 0.6) is 23.0 Å². The second kappa shape index (κ2) is 11.2. The topological polar surface area (TPSA) is 87.6 Å². The SMILES string of the molecule is COc1ccc(CCN2C(=O)N(c3ccccc3)C(=N)[C@]23CCN2CCc4cc(OC)c(OC)cc4[C@@H]2C3)cc1OC. The molecule has 1 spiro atoms. The number of anilines is 1. The van der Waals surface area contributed by atoms with E-state index < -0.39 is 5.54 Å². The van der Waals surface area contributed by atoms with E-state index >= 15 is 0 Å². The molecule has 2 saturated heterocycles. The number of ether oxygens (including phenoxy) is 4. The van der Waals surface area contributed by atoms with E-state index in [0.29, 0.717) is 48.9 Å². The molecular weight excluding hydrogens is 532 g/mol. The van der Waals surface area contributed by atoms with Crippen molar-refractivity contribution in [2.75, 3.05) is 53.0 Å². The summed E-state index contributed by atoms with van der Waals surface area (Å²) in [4.78, 5) is 20.3. The van der Waals surface area contributed by atoms with Crippen molar-refractivity contribution in [1.82, 2.24) is 9.80 Å². The maximum absolute atomic E-state index is 14.2. The van der Waals surface area contributed by atoms with Crippen LogP contribution in [0.4, 0.5) is 10.5 Å². The third kappa shape index (κ3) is 4.52. The second-order valence-electron chi connectivity index (χ2n) is 11.1. The largest absolute Gasteiger partial charge is 0.493 e. The van der Waals surface area contributed by atoms with Gasteiger partial charge >= 0.3 is 6.03 Å². The molecule has 9 heteroatoms. The zero-order chi connectivity index (χ0) is 29.4. The lowest BCUT2D eigenvalue weighted by atomic mass is 9.76. The Hall–Kier alpha value is -4.24. The van der Waals surface area contributed by atoms with Crippen LogP contribution in [0.25, 0.3) is 0 Å². The minimum absolute atomic E-state index is 0.0507. The Morgan fingerprint density at radius 3 is 2.26 bits per heavy atom. The number of hydrogen-bond acceptors (Lipinski definition) is 7. The first-order valence-electron chi connectivity index (χ1n) is 14.4. The Morgan fingerprint density at radius 1 is 0.857 bits per heavy atom. The van der Waals surface area contributed by atoms with Gasteiger partial charge in [-0.2, -0.15) is 0 Å². The van der Waals surface area contributed by atoms with Crippen molar-refractivity contribution in [3.63, 3.8) is 0 Å². The normalized spacial score (nSPS) is 21.8. The maximum Gasteiger partial charge on any atom is 0.330 e. The number of benzene rings is 3. The summed E-state index contributed by atoms with van der Waals surface area (Å²) >= 11 is 0. The molecule has 3 aliphatic heterocycles. The molecule has 2 atom stereocenters. The van der Waals surface area contributed by atoms with Crippen LogP contribution in [0.15, 0.2) is 60.7 Å². The number of amidine groups is 1. The lowest BCUT2D eigenvalue weighted by Gasteiger charge is -2.50.